The fraction of sp³-hybridized carbons (Fsp3) is 0.500. The molecular formula is C14H20N4OS. The van der Waals surface area contributed by atoms with Crippen molar-refractivity contribution in [3.05, 3.63) is 24.2 Å². The van der Waals surface area contributed by atoms with E-state index in [1.165, 1.54) is 24.6 Å². The summed E-state index contributed by atoms with van der Waals surface area (Å²) in [7, 11) is 0. The molecule has 0 bridgehead atoms. The van der Waals surface area contributed by atoms with Crippen LogP contribution in [0.3, 0.4) is 0 Å². The Labute approximate surface area is 123 Å². The molecule has 0 radical (unpaired) electrons. The van der Waals surface area contributed by atoms with Crippen LogP contribution < -0.4 is 5.73 Å². The standard InChI is InChI=1S/C14H20N4OS/c1-2-18(11-6-4-3-5-7-11)12(19)10-20-14-13(15)16-8-9-17-14/h6,8-9H,2-5,7,10H2,1H3,(H2,15,16). The molecule has 0 saturated heterocycles. The second-order valence-corrected chi connectivity index (χ2v) is 5.58. The van der Waals surface area contributed by atoms with Gasteiger partial charge in [0.1, 0.15) is 5.03 Å². The second kappa shape index (κ2) is 7.28. The second-order valence-electron chi connectivity index (χ2n) is 4.61. The lowest BCUT2D eigenvalue weighted by Gasteiger charge is -2.26. The summed E-state index contributed by atoms with van der Waals surface area (Å²) in [4.78, 5) is 22.3. The van der Waals surface area contributed by atoms with Crippen molar-refractivity contribution in [1.29, 1.82) is 0 Å². The minimum Gasteiger partial charge on any atom is -0.381 e. The molecule has 2 rings (SSSR count). The Hall–Kier alpha value is -1.56. The number of amides is 1. The number of carbonyl (C=O) groups excluding carboxylic acids is 1. The topological polar surface area (TPSA) is 72.1 Å². The van der Waals surface area contributed by atoms with Gasteiger partial charge in [0.2, 0.25) is 5.91 Å². The number of rotatable bonds is 5. The highest BCUT2D eigenvalue weighted by atomic mass is 32.2. The first kappa shape index (κ1) is 14.8. The minimum absolute atomic E-state index is 0.107. The number of allylic oxidation sites excluding steroid dienone is 2. The average Bonchev–Trinajstić information content (AvgIpc) is 2.48. The van der Waals surface area contributed by atoms with E-state index >= 15 is 0 Å². The highest BCUT2D eigenvalue weighted by Gasteiger charge is 2.18. The predicted molar refractivity (Wildman–Crippen MR) is 81.1 cm³/mol. The van der Waals surface area contributed by atoms with Crippen LogP contribution >= 0.6 is 11.8 Å². The Kier molecular flexibility index (Phi) is 5.40. The van der Waals surface area contributed by atoms with E-state index in [1.807, 2.05) is 11.8 Å². The van der Waals surface area contributed by atoms with Crippen LogP contribution in [-0.2, 0) is 4.79 Å². The Balaban J connectivity index is 1.96. The number of anilines is 1. The fourth-order valence-corrected chi connectivity index (χ4v) is 3.01. The summed E-state index contributed by atoms with van der Waals surface area (Å²) in [5, 5.41) is 0.620. The third kappa shape index (κ3) is 3.72. The van der Waals surface area contributed by atoms with Crippen LogP contribution in [0.4, 0.5) is 5.82 Å². The van der Waals surface area contributed by atoms with E-state index in [-0.39, 0.29) is 5.91 Å². The van der Waals surface area contributed by atoms with E-state index in [0.717, 1.165) is 18.5 Å². The van der Waals surface area contributed by atoms with E-state index in [2.05, 4.69) is 16.0 Å². The van der Waals surface area contributed by atoms with Gasteiger partial charge in [-0.25, -0.2) is 9.97 Å². The first-order valence-corrected chi connectivity index (χ1v) is 7.89. The summed E-state index contributed by atoms with van der Waals surface area (Å²) in [5.41, 5.74) is 6.89. The zero-order valence-electron chi connectivity index (χ0n) is 11.7. The molecule has 6 heteroatoms. The molecule has 0 spiro atoms. The third-order valence-corrected chi connectivity index (χ3v) is 4.23. The monoisotopic (exact) mass is 292 g/mol. The van der Waals surface area contributed by atoms with Crippen molar-refractivity contribution in [2.75, 3.05) is 18.0 Å². The summed E-state index contributed by atoms with van der Waals surface area (Å²) < 4.78 is 0. The van der Waals surface area contributed by atoms with Gasteiger partial charge in [0.25, 0.3) is 0 Å². The maximum Gasteiger partial charge on any atom is 0.237 e. The molecule has 20 heavy (non-hydrogen) atoms. The van der Waals surface area contributed by atoms with Crippen LogP contribution in [0.5, 0.6) is 0 Å². The van der Waals surface area contributed by atoms with Crippen molar-refractivity contribution in [1.82, 2.24) is 14.9 Å². The first-order chi connectivity index (χ1) is 9.72. The van der Waals surface area contributed by atoms with Crippen LogP contribution in [0.25, 0.3) is 0 Å². The van der Waals surface area contributed by atoms with Crippen LogP contribution in [0.15, 0.2) is 29.2 Å². The number of hydrogen-bond acceptors (Lipinski definition) is 5. The van der Waals surface area contributed by atoms with Crippen molar-refractivity contribution in [3.63, 3.8) is 0 Å². The molecule has 0 aliphatic heterocycles. The third-order valence-electron chi connectivity index (χ3n) is 3.25. The quantitative estimate of drug-likeness (QED) is 0.844. The van der Waals surface area contributed by atoms with Gasteiger partial charge in [-0.3, -0.25) is 4.79 Å². The fourth-order valence-electron chi connectivity index (χ4n) is 2.26. The summed E-state index contributed by atoms with van der Waals surface area (Å²) in [5.74, 6) is 0.828. The summed E-state index contributed by atoms with van der Waals surface area (Å²) in [6.45, 7) is 2.72. The molecule has 0 saturated carbocycles. The summed E-state index contributed by atoms with van der Waals surface area (Å²) in [6.07, 6.45) is 9.78. The molecule has 1 amide bonds. The van der Waals surface area contributed by atoms with Crippen molar-refractivity contribution < 1.29 is 4.79 Å². The van der Waals surface area contributed by atoms with Crippen LogP contribution in [0.2, 0.25) is 0 Å². The van der Waals surface area contributed by atoms with Gasteiger partial charge in [-0.15, -0.1) is 0 Å². The normalized spacial score (nSPS) is 14.8. The maximum absolute atomic E-state index is 12.3. The Bertz CT molecular complexity index is 504. The van der Waals surface area contributed by atoms with Gasteiger partial charge in [-0.05, 0) is 32.6 Å². The van der Waals surface area contributed by atoms with E-state index in [4.69, 9.17) is 5.73 Å². The average molecular weight is 292 g/mol. The lowest BCUT2D eigenvalue weighted by atomic mass is 10.0. The van der Waals surface area contributed by atoms with E-state index < -0.39 is 0 Å². The van der Waals surface area contributed by atoms with E-state index in [0.29, 0.717) is 23.1 Å². The zero-order valence-corrected chi connectivity index (χ0v) is 12.5. The smallest absolute Gasteiger partial charge is 0.237 e. The highest BCUT2D eigenvalue weighted by Crippen LogP contribution is 2.24. The lowest BCUT2D eigenvalue weighted by molar-refractivity contribution is -0.126. The summed E-state index contributed by atoms with van der Waals surface area (Å²) >= 11 is 1.35. The molecule has 0 fully saturated rings. The predicted octanol–water partition coefficient (Wildman–Crippen LogP) is 2.46. The molecule has 1 heterocycles. The molecule has 1 aliphatic carbocycles. The Morgan fingerprint density at radius 2 is 2.20 bits per heavy atom. The van der Waals surface area contributed by atoms with Crippen molar-refractivity contribution >= 4 is 23.5 Å². The largest absolute Gasteiger partial charge is 0.381 e. The van der Waals surface area contributed by atoms with Crippen LogP contribution in [-0.4, -0.2) is 33.1 Å². The number of carbonyl (C=O) groups is 1. The van der Waals surface area contributed by atoms with Crippen molar-refractivity contribution in [2.45, 2.75) is 37.6 Å². The molecule has 1 aromatic heterocycles. The number of aromatic nitrogens is 2. The molecule has 1 aliphatic rings. The Morgan fingerprint density at radius 3 is 2.85 bits per heavy atom. The molecule has 0 aromatic carbocycles. The molecule has 1 aromatic rings. The number of nitrogen functional groups attached to an aromatic ring is 1. The van der Waals surface area contributed by atoms with Gasteiger partial charge in [0.15, 0.2) is 5.82 Å². The Morgan fingerprint density at radius 1 is 1.40 bits per heavy atom. The number of nitrogens with zero attached hydrogens (tertiary/aromatic N) is 3. The van der Waals surface area contributed by atoms with E-state index in [1.54, 1.807) is 12.4 Å². The van der Waals surface area contributed by atoms with Gasteiger partial charge in [-0.2, -0.15) is 0 Å². The number of thioether (sulfide) groups is 1. The first-order valence-electron chi connectivity index (χ1n) is 6.91. The molecule has 5 nitrogen and oxygen atoms in total. The van der Waals surface area contributed by atoms with Crippen LogP contribution in [0, 0.1) is 0 Å². The molecule has 108 valence electrons. The summed E-state index contributed by atoms with van der Waals surface area (Å²) in [6, 6.07) is 0. The number of nitrogens with two attached hydrogens (primary N) is 1. The molecule has 0 atom stereocenters. The van der Waals surface area contributed by atoms with Gasteiger partial charge >= 0.3 is 0 Å². The van der Waals surface area contributed by atoms with E-state index in [9.17, 15) is 4.79 Å². The van der Waals surface area contributed by atoms with Gasteiger partial charge < -0.3 is 10.6 Å². The maximum atomic E-state index is 12.3. The van der Waals surface area contributed by atoms with Crippen LogP contribution in [0.1, 0.15) is 32.6 Å². The molecule has 2 N–H and O–H groups in total. The lowest BCUT2D eigenvalue weighted by Crippen LogP contribution is -2.32. The van der Waals surface area contributed by atoms with Gasteiger partial charge in [-0.1, -0.05) is 17.8 Å². The minimum atomic E-state index is 0.107. The van der Waals surface area contributed by atoms with Crippen molar-refractivity contribution in [3.8, 4) is 0 Å². The number of hydrogen-bond donors (Lipinski definition) is 1. The SMILES string of the molecule is CCN(C(=O)CSc1nccnc1N)C1=CCCCC1. The van der Waals surface area contributed by atoms with Crippen molar-refractivity contribution in [2.24, 2.45) is 0 Å². The van der Waals surface area contributed by atoms with Gasteiger partial charge in [0.05, 0.1) is 5.75 Å². The highest BCUT2D eigenvalue weighted by molar-refractivity contribution is 8.00. The molecular weight excluding hydrogens is 272 g/mol. The van der Waals surface area contributed by atoms with Gasteiger partial charge in [0, 0.05) is 24.6 Å². The molecule has 0 unspecified atom stereocenters. The zero-order chi connectivity index (χ0) is 14.4.